The lowest BCUT2D eigenvalue weighted by molar-refractivity contribution is -0.113. The van der Waals surface area contributed by atoms with E-state index in [1.807, 2.05) is 13.0 Å². The van der Waals surface area contributed by atoms with Gasteiger partial charge in [0, 0.05) is 12.8 Å². The molecular formula is C15H22N2O2. The van der Waals surface area contributed by atoms with Gasteiger partial charge in [-0.05, 0) is 44.6 Å². The number of hydrogen-bond donors (Lipinski definition) is 1. The topological polar surface area (TPSA) is 55.2 Å². The molecule has 1 saturated heterocycles. The molecule has 1 aliphatic carbocycles. The van der Waals surface area contributed by atoms with Crippen molar-refractivity contribution in [1.82, 2.24) is 9.97 Å². The van der Waals surface area contributed by atoms with E-state index in [1.54, 1.807) is 6.20 Å². The van der Waals surface area contributed by atoms with E-state index < -0.39 is 6.10 Å². The predicted octanol–water partition coefficient (Wildman–Crippen LogP) is 2.56. The zero-order chi connectivity index (χ0) is 13.3. The summed E-state index contributed by atoms with van der Waals surface area (Å²) in [5.41, 5.74) is 0.805. The molecule has 0 bridgehead atoms. The highest BCUT2D eigenvalue weighted by atomic mass is 16.5. The van der Waals surface area contributed by atoms with Crippen LogP contribution >= 0.6 is 0 Å². The Kier molecular flexibility index (Phi) is 3.54. The highest BCUT2D eigenvalue weighted by Crippen LogP contribution is 2.45. The molecule has 4 nitrogen and oxygen atoms in total. The fraction of sp³-hybridized carbons (Fsp3) is 0.733. The standard InChI is InChI=1S/C15H22N2O2/c1-11-16-8-4-13(17-11)14(18)12-5-9-19-15(10-12)6-2-3-7-15/h4,8,12,14,18H,2-3,5-7,9-10H2,1H3. The third-order valence-electron chi connectivity index (χ3n) is 4.59. The molecule has 0 amide bonds. The van der Waals surface area contributed by atoms with Gasteiger partial charge in [0.25, 0.3) is 0 Å². The van der Waals surface area contributed by atoms with E-state index in [9.17, 15) is 5.11 Å². The first-order valence-corrected chi connectivity index (χ1v) is 7.30. The maximum atomic E-state index is 10.6. The second-order valence-corrected chi connectivity index (χ2v) is 5.97. The van der Waals surface area contributed by atoms with Gasteiger partial charge in [-0.2, -0.15) is 0 Å². The number of aliphatic hydroxyl groups is 1. The number of aliphatic hydroxyl groups excluding tert-OH is 1. The number of rotatable bonds is 2. The van der Waals surface area contributed by atoms with Crippen LogP contribution in [0.4, 0.5) is 0 Å². The van der Waals surface area contributed by atoms with Crippen molar-refractivity contribution >= 4 is 0 Å². The molecule has 1 saturated carbocycles. The monoisotopic (exact) mass is 262 g/mol. The van der Waals surface area contributed by atoms with Crippen LogP contribution in [0.15, 0.2) is 12.3 Å². The molecular weight excluding hydrogens is 240 g/mol. The largest absolute Gasteiger partial charge is 0.387 e. The summed E-state index contributed by atoms with van der Waals surface area (Å²) in [5.74, 6) is 0.986. The average molecular weight is 262 g/mol. The molecule has 1 N–H and O–H groups in total. The molecule has 4 heteroatoms. The molecule has 1 aliphatic heterocycles. The van der Waals surface area contributed by atoms with Crippen LogP contribution in [0.3, 0.4) is 0 Å². The number of hydrogen-bond acceptors (Lipinski definition) is 4. The molecule has 3 rings (SSSR count). The van der Waals surface area contributed by atoms with E-state index in [2.05, 4.69) is 9.97 Å². The molecule has 1 aromatic rings. The summed E-state index contributed by atoms with van der Waals surface area (Å²) in [6.45, 7) is 2.63. The number of nitrogens with zero attached hydrogens (tertiary/aromatic N) is 2. The summed E-state index contributed by atoms with van der Waals surface area (Å²) in [6, 6.07) is 1.83. The maximum absolute atomic E-state index is 10.6. The second-order valence-electron chi connectivity index (χ2n) is 5.97. The van der Waals surface area contributed by atoms with Crippen LogP contribution in [-0.2, 0) is 4.74 Å². The van der Waals surface area contributed by atoms with Gasteiger partial charge in [-0.25, -0.2) is 9.97 Å². The van der Waals surface area contributed by atoms with Gasteiger partial charge in [0.1, 0.15) is 5.82 Å². The lowest BCUT2D eigenvalue weighted by atomic mass is 9.81. The Morgan fingerprint density at radius 3 is 2.95 bits per heavy atom. The van der Waals surface area contributed by atoms with Crippen LogP contribution in [0.25, 0.3) is 0 Å². The van der Waals surface area contributed by atoms with Crippen molar-refractivity contribution in [1.29, 1.82) is 0 Å². The van der Waals surface area contributed by atoms with Gasteiger partial charge >= 0.3 is 0 Å². The minimum atomic E-state index is -0.483. The Balaban J connectivity index is 1.74. The van der Waals surface area contributed by atoms with E-state index in [-0.39, 0.29) is 11.5 Å². The minimum Gasteiger partial charge on any atom is -0.387 e. The van der Waals surface area contributed by atoms with Crippen LogP contribution in [0.5, 0.6) is 0 Å². The minimum absolute atomic E-state index is 0.0476. The van der Waals surface area contributed by atoms with Crippen molar-refractivity contribution in [2.45, 2.75) is 57.2 Å². The molecule has 2 heterocycles. The van der Waals surface area contributed by atoms with Crippen molar-refractivity contribution in [2.24, 2.45) is 5.92 Å². The average Bonchev–Trinajstić information content (AvgIpc) is 2.86. The van der Waals surface area contributed by atoms with Crippen LogP contribution in [0, 0.1) is 12.8 Å². The lowest BCUT2D eigenvalue weighted by Crippen LogP contribution is -2.39. The Labute approximate surface area is 114 Å². The molecule has 2 aliphatic rings. The van der Waals surface area contributed by atoms with E-state index in [0.717, 1.165) is 43.8 Å². The normalized spacial score (nSPS) is 27.6. The molecule has 1 aromatic heterocycles. The van der Waals surface area contributed by atoms with Crippen LogP contribution in [-0.4, -0.2) is 27.3 Å². The smallest absolute Gasteiger partial charge is 0.125 e. The number of ether oxygens (including phenoxy) is 1. The fourth-order valence-corrected chi connectivity index (χ4v) is 3.58. The third-order valence-corrected chi connectivity index (χ3v) is 4.59. The number of aromatic nitrogens is 2. The van der Waals surface area contributed by atoms with Crippen LogP contribution in [0.2, 0.25) is 0 Å². The summed E-state index contributed by atoms with van der Waals surface area (Å²) in [7, 11) is 0. The summed E-state index contributed by atoms with van der Waals surface area (Å²) in [5, 5.41) is 10.6. The fourth-order valence-electron chi connectivity index (χ4n) is 3.58. The van der Waals surface area contributed by atoms with Crippen LogP contribution in [0.1, 0.15) is 56.1 Å². The number of aryl methyl sites for hydroxylation is 1. The van der Waals surface area contributed by atoms with E-state index in [0.29, 0.717) is 0 Å². The first-order valence-electron chi connectivity index (χ1n) is 7.30. The SMILES string of the molecule is Cc1nccc(C(O)C2CCOC3(CCCC3)C2)n1. The first kappa shape index (κ1) is 13.0. The summed E-state index contributed by atoms with van der Waals surface area (Å²) in [6.07, 6.45) is 7.96. The van der Waals surface area contributed by atoms with E-state index in [4.69, 9.17) is 4.74 Å². The third kappa shape index (κ3) is 2.65. The van der Waals surface area contributed by atoms with Gasteiger partial charge < -0.3 is 9.84 Å². The molecule has 1 spiro atoms. The maximum Gasteiger partial charge on any atom is 0.125 e. The summed E-state index contributed by atoms with van der Waals surface area (Å²) in [4.78, 5) is 8.45. The quantitative estimate of drug-likeness (QED) is 0.890. The van der Waals surface area contributed by atoms with Crippen molar-refractivity contribution in [3.05, 3.63) is 23.8 Å². The van der Waals surface area contributed by atoms with Crippen molar-refractivity contribution < 1.29 is 9.84 Å². The molecule has 2 atom stereocenters. The second kappa shape index (κ2) is 5.17. The van der Waals surface area contributed by atoms with Gasteiger partial charge in [0.05, 0.1) is 17.4 Å². The highest BCUT2D eigenvalue weighted by molar-refractivity contribution is 5.08. The van der Waals surface area contributed by atoms with Crippen molar-refractivity contribution in [2.75, 3.05) is 6.61 Å². The van der Waals surface area contributed by atoms with Gasteiger partial charge in [0.2, 0.25) is 0 Å². The first-order chi connectivity index (χ1) is 9.19. The molecule has 19 heavy (non-hydrogen) atoms. The Morgan fingerprint density at radius 2 is 2.21 bits per heavy atom. The zero-order valence-corrected chi connectivity index (χ0v) is 11.5. The zero-order valence-electron chi connectivity index (χ0n) is 11.5. The Morgan fingerprint density at radius 1 is 1.42 bits per heavy atom. The van der Waals surface area contributed by atoms with Gasteiger partial charge in [-0.1, -0.05) is 12.8 Å². The van der Waals surface area contributed by atoms with Gasteiger partial charge in [-0.15, -0.1) is 0 Å². The highest BCUT2D eigenvalue weighted by Gasteiger charge is 2.42. The summed E-state index contributed by atoms with van der Waals surface area (Å²) >= 11 is 0. The van der Waals surface area contributed by atoms with Gasteiger partial charge in [-0.3, -0.25) is 0 Å². The van der Waals surface area contributed by atoms with E-state index >= 15 is 0 Å². The summed E-state index contributed by atoms with van der Waals surface area (Å²) < 4.78 is 6.02. The lowest BCUT2D eigenvalue weighted by Gasteiger charge is -2.39. The van der Waals surface area contributed by atoms with E-state index in [1.165, 1.54) is 12.8 Å². The molecule has 2 fully saturated rings. The van der Waals surface area contributed by atoms with Crippen molar-refractivity contribution in [3.63, 3.8) is 0 Å². The Hall–Kier alpha value is -1.00. The van der Waals surface area contributed by atoms with Crippen LogP contribution < -0.4 is 0 Å². The van der Waals surface area contributed by atoms with Gasteiger partial charge in [0.15, 0.2) is 0 Å². The molecule has 2 unspecified atom stereocenters. The molecule has 0 radical (unpaired) electrons. The molecule has 0 aromatic carbocycles. The molecule has 104 valence electrons. The van der Waals surface area contributed by atoms with Crippen molar-refractivity contribution in [3.8, 4) is 0 Å². The predicted molar refractivity (Wildman–Crippen MR) is 71.6 cm³/mol. The Bertz CT molecular complexity index is 444.